The van der Waals surface area contributed by atoms with Crippen LogP contribution in [0.5, 0.6) is 0 Å². The van der Waals surface area contributed by atoms with Crippen molar-refractivity contribution in [2.24, 2.45) is 11.7 Å². The Labute approximate surface area is 114 Å². The molecule has 5 nitrogen and oxygen atoms in total. The number of carbonyl (C=O) groups excluding carboxylic acids is 1. The zero-order valence-corrected chi connectivity index (χ0v) is 11.6. The number of carboxylic acid groups (broad SMARTS) is 1. The zero-order valence-electron chi connectivity index (χ0n) is 11.6. The van der Waals surface area contributed by atoms with Crippen LogP contribution in [0, 0.1) is 5.92 Å². The molecule has 5 heteroatoms. The minimum absolute atomic E-state index is 0.0252. The lowest BCUT2D eigenvalue weighted by Gasteiger charge is -2.39. The molecular formula is C14H24N2O3. The Kier molecular flexibility index (Phi) is 4.13. The van der Waals surface area contributed by atoms with Gasteiger partial charge < -0.3 is 15.7 Å². The molecule has 1 saturated carbocycles. The Bertz CT molecular complexity index is 372. The van der Waals surface area contributed by atoms with E-state index in [-0.39, 0.29) is 18.4 Å². The first-order valence-corrected chi connectivity index (χ1v) is 7.24. The molecule has 0 radical (unpaired) electrons. The van der Waals surface area contributed by atoms with Gasteiger partial charge in [-0.2, -0.15) is 0 Å². The maximum Gasteiger partial charge on any atom is 0.305 e. The second-order valence-electron chi connectivity index (χ2n) is 6.25. The number of rotatable bonds is 3. The monoisotopic (exact) mass is 268 g/mol. The lowest BCUT2D eigenvalue weighted by Crippen LogP contribution is -2.58. The summed E-state index contributed by atoms with van der Waals surface area (Å²) < 4.78 is 0. The number of amides is 1. The smallest absolute Gasteiger partial charge is 0.305 e. The normalized spacial score (nSPS) is 35.4. The molecule has 108 valence electrons. The summed E-state index contributed by atoms with van der Waals surface area (Å²) in [5, 5.41) is 8.92. The summed E-state index contributed by atoms with van der Waals surface area (Å²) in [6.07, 6.45) is 5.27. The topological polar surface area (TPSA) is 83.6 Å². The molecule has 0 aromatic rings. The zero-order chi connectivity index (χ0) is 14.0. The molecule has 1 aliphatic heterocycles. The van der Waals surface area contributed by atoms with Gasteiger partial charge in [0.1, 0.15) is 0 Å². The van der Waals surface area contributed by atoms with Crippen molar-refractivity contribution in [3.8, 4) is 0 Å². The molecule has 0 aromatic carbocycles. The van der Waals surface area contributed by atoms with Gasteiger partial charge in [-0.3, -0.25) is 9.59 Å². The van der Waals surface area contributed by atoms with Gasteiger partial charge >= 0.3 is 5.97 Å². The minimum Gasteiger partial charge on any atom is -0.481 e. The van der Waals surface area contributed by atoms with Crippen LogP contribution in [0.2, 0.25) is 0 Å². The molecular weight excluding hydrogens is 244 g/mol. The predicted octanol–water partition coefficient (Wildman–Crippen LogP) is 1.36. The van der Waals surface area contributed by atoms with E-state index in [0.29, 0.717) is 12.5 Å². The third-order valence-corrected chi connectivity index (χ3v) is 4.51. The van der Waals surface area contributed by atoms with Gasteiger partial charge in [0.15, 0.2) is 0 Å². The van der Waals surface area contributed by atoms with Crippen molar-refractivity contribution in [1.82, 2.24) is 4.90 Å². The summed E-state index contributed by atoms with van der Waals surface area (Å²) in [6, 6.07) is -0.164. The van der Waals surface area contributed by atoms with Gasteiger partial charge in [-0.15, -0.1) is 0 Å². The number of carboxylic acids is 1. The number of nitrogens with zero attached hydrogens (tertiary/aromatic N) is 1. The van der Waals surface area contributed by atoms with E-state index in [1.54, 1.807) is 4.90 Å². The highest BCUT2D eigenvalue weighted by molar-refractivity contribution is 5.87. The average Bonchev–Trinajstić information content (AvgIpc) is 2.74. The third-order valence-electron chi connectivity index (χ3n) is 4.51. The Balaban J connectivity index is 2.07. The van der Waals surface area contributed by atoms with E-state index in [1.807, 2.05) is 0 Å². The highest BCUT2D eigenvalue weighted by Crippen LogP contribution is 2.34. The van der Waals surface area contributed by atoms with Crippen LogP contribution < -0.4 is 5.73 Å². The highest BCUT2D eigenvalue weighted by atomic mass is 16.4. The molecule has 19 heavy (non-hydrogen) atoms. The number of nitrogens with two attached hydrogens (primary N) is 1. The van der Waals surface area contributed by atoms with Crippen LogP contribution >= 0.6 is 0 Å². The van der Waals surface area contributed by atoms with Gasteiger partial charge in [0.2, 0.25) is 5.91 Å². The number of hydrogen-bond acceptors (Lipinski definition) is 3. The molecule has 1 saturated heterocycles. The molecule has 3 unspecified atom stereocenters. The van der Waals surface area contributed by atoms with Crippen LogP contribution in [0.3, 0.4) is 0 Å². The van der Waals surface area contributed by atoms with E-state index in [4.69, 9.17) is 10.8 Å². The maximum atomic E-state index is 12.7. The van der Waals surface area contributed by atoms with Gasteiger partial charge in [0.25, 0.3) is 0 Å². The first-order valence-electron chi connectivity index (χ1n) is 7.24. The minimum atomic E-state index is -0.840. The van der Waals surface area contributed by atoms with Crippen LogP contribution in [0.15, 0.2) is 0 Å². The summed E-state index contributed by atoms with van der Waals surface area (Å²) in [7, 11) is 0. The second-order valence-corrected chi connectivity index (χ2v) is 6.25. The molecule has 3 atom stereocenters. The summed E-state index contributed by atoms with van der Waals surface area (Å²) in [5.41, 5.74) is 5.56. The fourth-order valence-electron chi connectivity index (χ4n) is 3.59. The van der Waals surface area contributed by atoms with E-state index in [9.17, 15) is 9.59 Å². The molecule has 1 amide bonds. The van der Waals surface area contributed by atoms with Crippen molar-refractivity contribution < 1.29 is 14.7 Å². The van der Waals surface area contributed by atoms with Crippen LogP contribution in [0.4, 0.5) is 0 Å². The quantitative estimate of drug-likeness (QED) is 0.809. The van der Waals surface area contributed by atoms with Gasteiger partial charge in [0.05, 0.1) is 12.0 Å². The van der Waals surface area contributed by atoms with Gasteiger partial charge in [-0.1, -0.05) is 19.8 Å². The molecule has 0 bridgehead atoms. The molecule has 2 fully saturated rings. The van der Waals surface area contributed by atoms with Crippen molar-refractivity contribution in [3.63, 3.8) is 0 Å². The van der Waals surface area contributed by atoms with E-state index in [1.165, 1.54) is 0 Å². The van der Waals surface area contributed by atoms with Crippen molar-refractivity contribution in [3.05, 3.63) is 0 Å². The Morgan fingerprint density at radius 3 is 2.74 bits per heavy atom. The number of carbonyl (C=O) groups is 2. The molecule has 2 rings (SSSR count). The molecule has 3 N–H and O–H groups in total. The fourth-order valence-corrected chi connectivity index (χ4v) is 3.59. The summed E-state index contributed by atoms with van der Waals surface area (Å²) in [6.45, 7) is 2.79. The fraction of sp³-hybridized carbons (Fsp3) is 0.857. The molecule has 0 spiro atoms. The Morgan fingerprint density at radius 2 is 2.11 bits per heavy atom. The van der Waals surface area contributed by atoms with E-state index in [2.05, 4.69) is 6.92 Å². The molecule has 0 aromatic heterocycles. The van der Waals surface area contributed by atoms with Gasteiger partial charge in [-0.05, 0) is 31.6 Å². The second kappa shape index (κ2) is 5.49. The summed E-state index contributed by atoms with van der Waals surface area (Å²) >= 11 is 0. The van der Waals surface area contributed by atoms with Crippen LogP contribution in [0.1, 0.15) is 51.9 Å². The average molecular weight is 268 g/mol. The largest absolute Gasteiger partial charge is 0.481 e. The van der Waals surface area contributed by atoms with Crippen molar-refractivity contribution in [2.45, 2.75) is 63.5 Å². The lowest BCUT2D eigenvalue weighted by atomic mass is 9.76. The maximum absolute atomic E-state index is 12.7. The number of hydrogen-bond donors (Lipinski definition) is 2. The number of aliphatic carboxylic acids is 1. The summed E-state index contributed by atoms with van der Waals surface area (Å²) in [5.74, 6) is -0.390. The van der Waals surface area contributed by atoms with Crippen molar-refractivity contribution in [1.29, 1.82) is 0 Å². The Hall–Kier alpha value is -1.10. The van der Waals surface area contributed by atoms with E-state index >= 15 is 0 Å². The van der Waals surface area contributed by atoms with Gasteiger partial charge in [-0.25, -0.2) is 0 Å². The van der Waals surface area contributed by atoms with Crippen LogP contribution in [0.25, 0.3) is 0 Å². The molecule has 1 heterocycles. The third kappa shape index (κ3) is 3.08. The lowest BCUT2D eigenvalue weighted by molar-refractivity contribution is -0.143. The predicted molar refractivity (Wildman–Crippen MR) is 71.5 cm³/mol. The molecule has 2 aliphatic rings. The van der Waals surface area contributed by atoms with Gasteiger partial charge in [0, 0.05) is 12.6 Å². The summed E-state index contributed by atoms with van der Waals surface area (Å²) in [4.78, 5) is 25.3. The van der Waals surface area contributed by atoms with Crippen molar-refractivity contribution >= 4 is 11.9 Å². The number of likely N-dealkylation sites (tertiary alicyclic amines) is 1. The SMILES string of the molecule is CC1CCCC(N)(C(=O)N2CCCC2CC(=O)O)C1. The first-order chi connectivity index (χ1) is 8.92. The standard InChI is InChI=1S/C14H24N2O3/c1-10-4-2-6-14(15,9-10)13(19)16-7-3-5-11(16)8-12(17)18/h10-11H,2-9,15H2,1H3,(H,17,18). The van der Waals surface area contributed by atoms with E-state index in [0.717, 1.165) is 38.5 Å². The first kappa shape index (κ1) is 14.3. The molecule has 1 aliphatic carbocycles. The van der Waals surface area contributed by atoms with E-state index < -0.39 is 11.5 Å². The van der Waals surface area contributed by atoms with Crippen molar-refractivity contribution in [2.75, 3.05) is 6.54 Å². The Morgan fingerprint density at radius 1 is 1.37 bits per heavy atom. The highest BCUT2D eigenvalue weighted by Gasteiger charge is 2.43. The van der Waals surface area contributed by atoms with Crippen LogP contribution in [-0.2, 0) is 9.59 Å². The van der Waals surface area contributed by atoms with Crippen LogP contribution in [-0.4, -0.2) is 40.0 Å².